The van der Waals surface area contributed by atoms with Crippen LogP contribution in [0.4, 0.5) is 11.4 Å². The summed E-state index contributed by atoms with van der Waals surface area (Å²) in [5, 5.41) is 6.09. The Morgan fingerprint density at radius 1 is 1.16 bits per heavy atom. The summed E-state index contributed by atoms with van der Waals surface area (Å²) in [6.07, 6.45) is 2.95. The molecule has 3 heterocycles. The van der Waals surface area contributed by atoms with Crippen molar-refractivity contribution in [3.05, 3.63) is 64.7 Å². The molecule has 9 nitrogen and oxygen atoms in total. The number of nitrogens with one attached hydrogen (secondary N) is 2. The number of rotatable bonds is 4. The van der Waals surface area contributed by atoms with Crippen molar-refractivity contribution in [2.75, 3.05) is 17.2 Å². The fraction of sp³-hybridized carbons (Fsp3) is 0.261. The highest BCUT2D eigenvalue weighted by molar-refractivity contribution is 6.11. The predicted molar refractivity (Wildman–Crippen MR) is 118 cm³/mol. The maximum absolute atomic E-state index is 12.9. The summed E-state index contributed by atoms with van der Waals surface area (Å²) in [4.78, 5) is 56.2. The van der Waals surface area contributed by atoms with E-state index < -0.39 is 6.04 Å². The van der Waals surface area contributed by atoms with E-state index in [4.69, 9.17) is 0 Å². The number of aromatic nitrogens is 2. The summed E-state index contributed by atoms with van der Waals surface area (Å²) < 4.78 is 1.41. The van der Waals surface area contributed by atoms with Crippen molar-refractivity contribution in [2.24, 2.45) is 0 Å². The maximum atomic E-state index is 12.9. The predicted octanol–water partition coefficient (Wildman–Crippen LogP) is 1.98. The Morgan fingerprint density at radius 3 is 2.88 bits per heavy atom. The smallest absolute Gasteiger partial charge is 0.261 e. The number of benzene rings is 2. The first-order valence-corrected chi connectivity index (χ1v) is 10.5. The molecule has 2 aromatic carbocycles. The third-order valence-electron chi connectivity index (χ3n) is 5.92. The average molecular weight is 431 g/mol. The van der Waals surface area contributed by atoms with Crippen molar-refractivity contribution in [1.82, 2.24) is 14.5 Å². The molecular weight excluding hydrogens is 410 g/mol. The summed E-state index contributed by atoms with van der Waals surface area (Å²) in [5.41, 5.74) is 1.67. The molecule has 0 aliphatic carbocycles. The highest BCUT2D eigenvalue weighted by atomic mass is 16.2. The van der Waals surface area contributed by atoms with Crippen LogP contribution in [-0.2, 0) is 16.1 Å². The van der Waals surface area contributed by atoms with Gasteiger partial charge in [-0.2, -0.15) is 0 Å². The van der Waals surface area contributed by atoms with Crippen LogP contribution in [0.2, 0.25) is 0 Å². The van der Waals surface area contributed by atoms with Crippen LogP contribution in [0.3, 0.4) is 0 Å². The minimum Gasteiger partial charge on any atom is -0.327 e. The lowest BCUT2D eigenvalue weighted by atomic mass is 10.1. The molecular formula is C23H21N5O4. The molecule has 162 valence electrons. The van der Waals surface area contributed by atoms with Crippen LogP contribution in [0.5, 0.6) is 0 Å². The lowest BCUT2D eigenvalue weighted by Crippen LogP contribution is -2.40. The van der Waals surface area contributed by atoms with E-state index in [0.29, 0.717) is 40.8 Å². The van der Waals surface area contributed by atoms with Gasteiger partial charge in [-0.05, 0) is 43.2 Å². The molecule has 1 fully saturated rings. The Bertz CT molecular complexity index is 1320. The van der Waals surface area contributed by atoms with Crippen LogP contribution >= 0.6 is 0 Å². The number of para-hydroxylation sites is 1. The SMILES string of the molecule is O=C(CCn1cnc2ccccc2c1=O)Nc1ccc2c(c1)C(=O)N1CCC[C@H]1C(=O)N2. The fourth-order valence-corrected chi connectivity index (χ4v) is 4.27. The van der Waals surface area contributed by atoms with Gasteiger partial charge >= 0.3 is 0 Å². The van der Waals surface area contributed by atoms with Crippen molar-refractivity contribution in [3.8, 4) is 0 Å². The van der Waals surface area contributed by atoms with Gasteiger partial charge in [0.05, 0.1) is 28.5 Å². The fourth-order valence-electron chi connectivity index (χ4n) is 4.27. The number of aryl methyl sites for hydroxylation is 1. The third-order valence-corrected chi connectivity index (χ3v) is 5.92. The van der Waals surface area contributed by atoms with E-state index in [1.807, 2.05) is 6.07 Å². The summed E-state index contributed by atoms with van der Waals surface area (Å²) in [7, 11) is 0. The minimum absolute atomic E-state index is 0.0654. The molecule has 0 unspecified atom stereocenters. The Kier molecular flexibility index (Phi) is 4.93. The number of carbonyl (C=O) groups is 3. The van der Waals surface area contributed by atoms with Gasteiger partial charge in [0.1, 0.15) is 6.04 Å². The van der Waals surface area contributed by atoms with Gasteiger partial charge in [0.15, 0.2) is 0 Å². The zero-order valence-corrected chi connectivity index (χ0v) is 17.2. The van der Waals surface area contributed by atoms with E-state index in [9.17, 15) is 19.2 Å². The number of amides is 3. The van der Waals surface area contributed by atoms with Crippen molar-refractivity contribution in [3.63, 3.8) is 0 Å². The number of carbonyl (C=O) groups excluding carboxylic acids is 3. The topological polar surface area (TPSA) is 113 Å². The minimum atomic E-state index is -0.443. The van der Waals surface area contributed by atoms with Gasteiger partial charge in [0.2, 0.25) is 11.8 Å². The molecule has 1 atom stereocenters. The molecule has 9 heteroatoms. The van der Waals surface area contributed by atoms with Crippen LogP contribution in [0.15, 0.2) is 53.6 Å². The standard InChI is InChI=1S/C23H21N5O4/c29-20(9-11-27-13-24-17-5-2-1-4-15(17)22(27)31)25-14-7-8-18-16(12-14)23(32)28-10-3-6-19(28)21(30)26-18/h1-2,4-5,7-8,12-13,19H,3,6,9-11H2,(H,25,29)(H,26,30)/t19-/m0/s1. The van der Waals surface area contributed by atoms with Gasteiger partial charge in [-0.3, -0.25) is 23.7 Å². The van der Waals surface area contributed by atoms with Crippen molar-refractivity contribution in [1.29, 1.82) is 0 Å². The molecule has 32 heavy (non-hydrogen) atoms. The molecule has 5 rings (SSSR count). The summed E-state index contributed by atoms with van der Waals surface area (Å²) in [6, 6.07) is 11.5. The second kappa shape index (κ2) is 7.92. The highest BCUT2D eigenvalue weighted by Gasteiger charge is 2.38. The van der Waals surface area contributed by atoms with Gasteiger partial charge in [-0.1, -0.05) is 12.1 Å². The maximum Gasteiger partial charge on any atom is 0.261 e. The van der Waals surface area contributed by atoms with Crippen molar-refractivity contribution >= 4 is 40.0 Å². The zero-order valence-electron chi connectivity index (χ0n) is 17.2. The van der Waals surface area contributed by atoms with Crippen LogP contribution in [0, 0.1) is 0 Å². The quantitative estimate of drug-likeness (QED) is 0.656. The van der Waals surface area contributed by atoms with E-state index in [0.717, 1.165) is 6.42 Å². The van der Waals surface area contributed by atoms with E-state index >= 15 is 0 Å². The second-order valence-corrected chi connectivity index (χ2v) is 7.96. The molecule has 1 saturated heterocycles. The van der Waals surface area contributed by atoms with Gasteiger partial charge in [0, 0.05) is 25.2 Å². The molecule has 0 bridgehead atoms. The molecule has 2 aliphatic heterocycles. The molecule has 0 saturated carbocycles. The normalized spacial score (nSPS) is 17.5. The Balaban J connectivity index is 1.30. The first-order chi connectivity index (χ1) is 15.5. The number of hydrogen-bond donors (Lipinski definition) is 2. The van der Waals surface area contributed by atoms with E-state index in [1.54, 1.807) is 41.3 Å². The van der Waals surface area contributed by atoms with Gasteiger partial charge < -0.3 is 15.5 Å². The van der Waals surface area contributed by atoms with E-state index in [-0.39, 0.29) is 36.2 Å². The average Bonchev–Trinajstić information content (AvgIpc) is 3.26. The van der Waals surface area contributed by atoms with Crippen molar-refractivity contribution in [2.45, 2.75) is 31.8 Å². The first-order valence-electron chi connectivity index (χ1n) is 10.5. The summed E-state index contributed by atoms with van der Waals surface area (Å²) in [6.45, 7) is 0.722. The highest BCUT2D eigenvalue weighted by Crippen LogP contribution is 2.30. The monoisotopic (exact) mass is 431 g/mol. The van der Waals surface area contributed by atoms with Crippen LogP contribution < -0.4 is 16.2 Å². The van der Waals surface area contributed by atoms with Gasteiger partial charge in [-0.25, -0.2) is 4.98 Å². The molecule has 3 aromatic rings. The molecule has 0 radical (unpaired) electrons. The third kappa shape index (κ3) is 3.51. The largest absolute Gasteiger partial charge is 0.327 e. The Labute approximate surface area is 183 Å². The molecule has 3 amide bonds. The van der Waals surface area contributed by atoms with Crippen LogP contribution in [0.1, 0.15) is 29.6 Å². The van der Waals surface area contributed by atoms with E-state index in [1.165, 1.54) is 10.9 Å². The zero-order chi connectivity index (χ0) is 22.2. The number of anilines is 2. The van der Waals surface area contributed by atoms with E-state index in [2.05, 4.69) is 15.6 Å². The van der Waals surface area contributed by atoms with Crippen LogP contribution in [0.25, 0.3) is 10.9 Å². The first kappa shape index (κ1) is 19.9. The Hall–Kier alpha value is -4.01. The van der Waals surface area contributed by atoms with Crippen molar-refractivity contribution < 1.29 is 14.4 Å². The molecule has 1 aromatic heterocycles. The number of hydrogen-bond acceptors (Lipinski definition) is 5. The van der Waals surface area contributed by atoms with Gasteiger partial charge in [-0.15, -0.1) is 0 Å². The number of fused-ring (bicyclic) bond motifs is 3. The molecule has 2 aliphatic rings. The lowest BCUT2D eigenvalue weighted by molar-refractivity contribution is -0.119. The second-order valence-electron chi connectivity index (χ2n) is 7.96. The summed E-state index contributed by atoms with van der Waals surface area (Å²) in [5.74, 6) is -0.694. The molecule has 2 N–H and O–H groups in total. The van der Waals surface area contributed by atoms with Crippen LogP contribution in [-0.4, -0.2) is 44.8 Å². The molecule has 0 spiro atoms. The summed E-state index contributed by atoms with van der Waals surface area (Å²) >= 11 is 0. The Morgan fingerprint density at radius 2 is 2.00 bits per heavy atom. The number of nitrogens with zero attached hydrogens (tertiary/aromatic N) is 3. The van der Waals surface area contributed by atoms with Gasteiger partial charge in [0.25, 0.3) is 11.5 Å². The lowest BCUT2D eigenvalue weighted by Gasteiger charge is -2.20.